The Morgan fingerprint density at radius 2 is 2.06 bits per heavy atom. The molecule has 0 amide bonds. The molecule has 2 aromatic carbocycles. The van der Waals surface area contributed by atoms with Crippen LogP contribution in [0.1, 0.15) is 31.0 Å². The maximum atomic E-state index is 13.6. The average molecular weight is 483 g/mol. The molecular formula is C24H19ClN2O5S. The zero-order chi connectivity index (χ0) is 23.1. The molecule has 0 aliphatic carbocycles. The molecule has 33 heavy (non-hydrogen) atoms. The van der Waals surface area contributed by atoms with E-state index < -0.39 is 12.0 Å². The van der Waals surface area contributed by atoms with E-state index in [0.717, 1.165) is 5.56 Å². The highest BCUT2D eigenvalue weighted by Crippen LogP contribution is 2.38. The third-order valence-corrected chi connectivity index (χ3v) is 6.75. The number of nitrogens with zero attached hydrogens (tertiary/aromatic N) is 2. The van der Waals surface area contributed by atoms with Gasteiger partial charge in [-0.2, -0.15) is 0 Å². The number of hydrogen-bond acceptors (Lipinski definition) is 7. The summed E-state index contributed by atoms with van der Waals surface area (Å²) in [4.78, 5) is 31.6. The minimum absolute atomic E-state index is 0.124. The van der Waals surface area contributed by atoms with Gasteiger partial charge >= 0.3 is 5.97 Å². The highest BCUT2D eigenvalue weighted by molar-refractivity contribution is 7.07. The van der Waals surface area contributed by atoms with Gasteiger partial charge in [-0.3, -0.25) is 9.36 Å². The number of esters is 1. The summed E-state index contributed by atoms with van der Waals surface area (Å²) >= 11 is 7.55. The number of carbonyl (C=O) groups excluding carboxylic acids is 1. The van der Waals surface area contributed by atoms with E-state index in [1.165, 1.54) is 15.9 Å². The van der Waals surface area contributed by atoms with Gasteiger partial charge in [-0.05, 0) is 49.2 Å². The van der Waals surface area contributed by atoms with Gasteiger partial charge in [0.2, 0.25) is 6.79 Å². The van der Waals surface area contributed by atoms with Crippen LogP contribution in [0.2, 0.25) is 5.02 Å². The molecule has 1 atom stereocenters. The van der Waals surface area contributed by atoms with Crippen LogP contribution in [0, 0.1) is 0 Å². The van der Waals surface area contributed by atoms with Crippen molar-refractivity contribution in [1.82, 2.24) is 4.57 Å². The zero-order valence-corrected chi connectivity index (χ0v) is 19.4. The predicted molar refractivity (Wildman–Crippen MR) is 124 cm³/mol. The summed E-state index contributed by atoms with van der Waals surface area (Å²) in [7, 11) is 0. The lowest BCUT2D eigenvalue weighted by atomic mass is 9.95. The van der Waals surface area contributed by atoms with E-state index in [9.17, 15) is 9.59 Å². The van der Waals surface area contributed by atoms with Crippen LogP contribution in [0.25, 0.3) is 6.08 Å². The Hall–Kier alpha value is -3.36. The molecule has 2 aliphatic heterocycles. The molecule has 7 nitrogen and oxygen atoms in total. The minimum Gasteiger partial charge on any atom is -0.463 e. The Labute approximate surface area is 197 Å². The Kier molecular flexibility index (Phi) is 5.55. The second-order valence-electron chi connectivity index (χ2n) is 7.44. The molecule has 3 heterocycles. The Bertz CT molecular complexity index is 1490. The van der Waals surface area contributed by atoms with Crippen molar-refractivity contribution in [2.45, 2.75) is 19.9 Å². The maximum absolute atomic E-state index is 13.6. The maximum Gasteiger partial charge on any atom is 0.338 e. The summed E-state index contributed by atoms with van der Waals surface area (Å²) < 4.78 is 18.3. The Morgan fingerprint density at radius 3 is 2.85 bits per heavy atom. The van der Waals surface area contributed by atoms with Crippen LogP contribution >= 0.6 is 22.9 Å². The van der Waals surface area contributed by atoms with Gasteiger partial charge in [0.05, 0.1) is 28.5 Å². The van der Waals surface area contributed by atoms with Gasteiger partial charge in [-0.1, -0.05) is 47.2 Å². The fraction of sp³-hybridized carbons (Fsp3) is 0.208. The van der Waals surface area contributed by atoms with Crippen LogP contribution < -0.4 is 24.4 Å². The van der Waals surface area contributed by atoms with Crippen LogP contribution in [0.5, 0.6) is 11.5 Å². The number of aromatic nitrogens is 1. The van der Waals surface area contributed by atoms with Crippen molar-refractivity contribution in [2.75, 3.05) is 13.4 Å². The molecule has 3 aromatic rings. The molecule has 1 unspecified atom stereocenters. The predicted octanol–water partition coefficient (Wildman–Crippen LogP) is 3.18. The van der Waals surface area contributed by atoms with E-state index in [-0.39, 0.29) is 19.0 Å². The first-order valence-electron chi connectivity index (χ1n) is 10.3. The topological polar surface area (TPSA) is 79.1 Å². The SMILES string of the molecule is CCOC(=O)C1=C(C)N=c2s/c(=C/c3ccccc3Cl)c(=O)n2C1c1ccc2c(c1)OCO2. The van der Waals surface area contributed by atoms with E-state index in [0.29, 0.717) is 42.7 Å². The Balaban J connectivity index is 1.74. The van der Waals surface area contributed by atoms with Gasteiger partial charge in [-0.15, -0.1) is 0 Å². The van der Waals surface area contributed by atoms with Crippen LogP contribution in [0.15, 0.2) is 63.5 Å². The molecular weight excluding hydrogens is 464 g/mol. The molecule has 0 bridgehead atoms. The van der Waals surface area contributed by atoms with E-state index in [1.54, 1.807) is 38.1 Å². The summed E-state index contributed by atoms with van der Waals surface area (Å²) in [5.74, 6) is 0.661. The number of hydrogen-bond donors (Lipinski definition) is 0. The van der Waals surface area contributed by atoms with Crippen molar-refractivity contribution in [1.29, 1.82) is 0 Å². The molecule has 0 saturated heterocycles. The van der Waals surface area contributed by atoms with Crippen molar-refractivity contribution in [3.63, 3.8) is 0 Å². The highest BCUT2D eigenvalue weighted by Gasteiger charge is 2.34. The van der Waals surface area contributed by atoms with Crippen LogP contribution in [-0.2, 0) is 9.53 Å². The lowest BCUT2D eigenvalue weighted by Gasteiger charge is -2.24. The third kappa shape index (κ3) is 3.75. The van der Waals surface area contributed by atoms with E-state index >= 15 is 0 Å². The fourth-order valence-electron chi connectivity index (χ4n) is 3.92. The number of allylic oxidation sites excluding steroid dienone is 1. The Morgan fingerprint density at radius 1 is 1.27 bits per heavy atom. The third-order valence-electron chi connectivity index (χ3n) is 5.42. The number of fused-ring (bicyclic) bond motifs is 2. The molecule has 0 spiro atoms. The molecule has 0 radical (unpaired) electrons. The number of benzene rings is 2. The largest absolute Gasteiger partial charge is 0.463 e. The molecule has 0 fully saturated rings. The number of carbonyl (C=O) groups is 1. The molecule has 2 aliphatic rings. The number of rotatable bonds is 4. The number of ether oxygens (including phenoxy) is 3. The summed E-state index contributed by atoms with van der Waals surface area (Å²) in [6.45, 7) is 3.82. The normalized spacial score (nSPS) is 17.1. The van der Waals surface area contributed by atoms with Crippen molar-refractivity contribution < 1.29 is 19.0 Å². The van der Waals surface area contributed by atoms with Crippen molar-refractivity contribution in [3.8, 4) is 11.5 Å². The van der Waals surface area contributed by atoms with E-state index in [1.807, 2.05) is 24.3 Å². The highest BCUT2D eigenvalue weighted by atomic mass is 35.5. The smallest absolute Gasteiger partial charge is 0.338 e. The molecule has 1 aromatic heterocycles. The number of thiazole rings is 1. The van der Waals surface area contributed by atoms with Gasteiger partial charge in [0, 0.05) is 5.02 Å². The van der Waals surface area contributed by atoms with E-state index in [2.05, 4.69) is 4.99 Å². The van der Waals surface area contributed by atoms with Crippen LogP contribution in [0.4, 0.5) is 0 Å². The summed E-state index contributed by atoms with van der Waals surface area (Å²) in [6, 6.07) is 12.0. The first-order valence-corrected chi connectivity index (χ1v) is 11.5. The second kappa shape index (κ2) is 8.53. The van der Waals surface area contributed by atoms with Gasteiger partial charge in [-0.25, -0.2) is 9.79 Å². The molecule has 9 heteroatoms. The summed E-state index contributed by atoms with van der Waals surface area (Å²) in [5.41, 5.74) is 1.97. The average Bonchev–Trinajstić information content (AvgIpc) is 3.38. The standard InChI is InChI=1S/C24H19ClN2O5S/c1-3-30-23(29)20-13(2)26-24-27(21(20)15-8-9-17-18(10-15)32-12-31-17)22(28)19(33-24)11-14-6-4-5-7-16(14)25/h4-11,21H,3,12H2,1-2H3/b19-11+. The van der Waals surface area contributed by atoms with Crippen LogP contribution in [-0.4, -0.2) is 23.9 Å². The van der Waals surface area contributed by atoms with Crippen molar-refractivity contribution in [2.24, 2.45) is 4.99 Å². The van der Waals surface area contributed by atoms with Crippen molar-refractivity contribution >= 4 is 35.0 Å². The lowest BCUT2D eigenvalue weighted by Crippen LogP contribution is -2.39. The van der Waals surface area contributed by atoms with Crippen LogP contribution in [0.3, 0.4) is 0 Å². The van der Waals surface area contributed by atoms with Crippen molar-refractivity contribution in [3.05, 3.63) is 89.6 Å². The first-order chi connectivity index (χ1) is 16.0. The monoisotopic (exact) mass is 482 g/mol. The van der Waals surface area contributed by atoms with Gasteiger partial charge in [0.25, 0.3) is 5.56 Å². The molecule has 0 saturated carbocycles. The lowest BCUT2D eigenvalue weighted by molar-refractivity contribution is -0.139. The second-order valence-corrected chi connectivity index (χ2v) is 8.85. The molecule has 5 rings (SSSR count). The molecule has 0 N–H and O–H groups in total. The van der Waals surface area contributed by atoms with Gasteiger partial charge < -0.3 is 14.2 Å². The number of halogens is 1. The minimum atomic E-state index is -0.719. The van der Waals surface area contributed by atoms with Gasteiger partial charge in [0.1, 0.15) is 0 Å². The first kappa shape index (κ1) is 21.5. The summed E-state index contributed by atoms with van der Waals surface area (Å²) in [6.07, 6.45) is 1.74. The van der Waals surface area contributed by atoms with Gasteiger partial charge in [0.15, 0.2) is 16.3 Å². The molecule has 168 valence electrons. The fourth-order valence-corrected chi connectivity index (χ4v) is 5.15. The quantitative estimate of drug-likeness (QED) is 0.534. The zero-order valence-electron chi connectivity index (χ0n) is 17.8. The summed E-state index contributed by atoms with van der Waals surface area (Å²) in [5, 5.41) is 0.541. The van der Waals surface area contributed by atoms with E-state index in [4.69, 9.17) is 25.8 Å².